The van der Waals surface area contributed by atoms with Crippen LogP contribution in [0.25, 0.3) is 0 Å². The molecular formula is C10H16O2. The Balaban J connectivity index is 1.95. The summed E-state index contributed by atoms with van der Waals surface area (Å²) in [6.07, 6.45) is 4.40. The molecule has 0 bridgehead atoms. The van der Waals surface area contributed by atoms with Crippen molar-refractivity contribution >= 4 is 5.78 Å². The van der Waals surface area contributed by atoms with Crippen molar-refractivity contribution in [3.8, 4) is 0 Å². The minimum atomic E-state index is -0.655. The van der Waals surface area contributed by atoms with Gasteiger partial charge in [0, 0.05) is 0 Å². The number of aliphatic hydroxyl groups excluding tert-OH is 1. The number of rotatable bonds is 2. The molecule has 2 aliphatic carbocycles. The maximum Gasteiger partial charge on any atom is 0.158 e. The van der Waals surface area contributed by atoms with Crippen LogP contribution >= 0.6 is 0 Å². The van der Waals surface area contributed by atoms with Gasteiger partial charge in [-0.25, -0.2) is 0 Å². The highest BCUT2D eigenvalue weighted by atomic mass is 16.3. The quantitative estimate of drug-likeness (QED) is 0.676. The molecular weight excluding hydrogens is 152 g/mol. The van der Waals surface area contributed by atoms with E-state index in [4.69, 9.17) is 0 Å². The van der Waals surface area contributed by atoms with Gasteiger partial charge in [-0.2, -0.15) is 0 Å². The van der Waals surface area contributed by atoms with Gasteiger partial charge in [-0.15, -0.1) is 0 Å². The Kier molecular flexibility index (Phi) is 1.95. The number of aliphatic hydroxyl groups is 1. The normalized spacial score (nSPS) is 41.7. The van der Waals surface area contributed by atoms with Crippen LogP contribution in [0.1, 0.15) is 32.6 Å². The Hall–Kier alpha value is -0.370. The highest BCUT2D eigenvalue weighted by Gasteiger charge is 2.54. The molecule has 3 atom stereocenters. The van der Waals surface area contributed by atoms with Crippen LogP contribution in [0, 0.1) is 17.8 Å². The van der Waals surface area contributed by atoms with Gasteiger partial charge in [-0.3, -0.25) is 4.79 Å². The van der Waals surface area contributed by atoms with Crippen molar-refractivity contribution in [2.75, 3.05) is 0 Å². The number of hydrogen-bond donors (Lipinski definition) is 1. The van der Waals surface area contributed by atoms with Gasteiger partial charge in [-0.05, 0) is 37.5 Å². The molecule has 0 aliphatic heterocycles. The minimum Gasteiger partial charge on any atom is -0.385 e. The lowest BCUT2D eigenvalue weighted by atomic mass is 10.0. The van der Waals surface area contributed by atoms with Gasteiger partial charge in [0.25, 0.3) is 0 Å². The summed E-state index contributed by atoms with van der Waals surface area (Å²) in [6.45, 7) is 1.50. The maximum absolute atomic E-state index is 10.9. The zero-order chi connectivity index (χ0) is 8.72. The van der Waals surface area contributed by atoms with Gasteiger partial charge in [-0.1, -0.05) is 12.8 Å². The van der Waals surface area contributed by atoms with Crippen LogP contribution in [0.2, 0.25) is 0 Å². The Labute approximate surface area is 73.0 Å². The van der Waals surface area contributed by atoms with Crippen LogP contribution < -0.4 is 0 Å². The molecule has 2 fully saturated rings. The van der Waals surface area contributed by atoms with Gasteiger partial charge in [0.1, 0.15) is 6.10 Å². The molecule has 2 nitrogen and oxygen atoms in total. The minimum absolute atomic E-state index is 0.0469. The van der Waals surface area contributed by atoms with Crippen molar-refractivity contribution in [2.24, 2.45) is 17.8 Å². The first-order chi connectivity index (χ1) is 5.72. The van der Waals surface area contributed by atoms with Gasteiger partial charge in [0.2, 0.25) is 0 Å². The summed E-state index contributed by atoms with van der Waals surface area (Å²) in [5, 5.41) is 9.55. The number of carbonyl (C=O) groups is 1. The third-order valence-electron chi connectivity index (χ3n) is 3.50. The number of carbonyl (C=O) groups excluding carboxylic acids is 1. The summed E-state index contributed by atoms with van der Waals surface area (Å²) in [5.74, 6) is 1.63. The Morgan fingerprint density at radius 1 is 1.33 bits per heavy atom. The highest BCUT2D eigenvalue weighted by Crippen LogP contribution is 2.56. The van der Waals surface area contributed by atoms with E-state index in [9.17, 15) is 9.90 Å². The number of ketones is 1. The molecule has 0 aromatic rings. The molecule has 0 heterocycles. The first kappa shape index (κ1) is 8.24. The molecule has 0 spiro atoms. The topological polar surface area (TPSA) is 37.3 Å². The van der Waals surface area contributed by atoms with Crippen LogP contribution in [0.5, 0.6) is 0 Å². The molecule has 2 aliphatic rings. The standard InChI is InChI=1S/C10H16O2/c1-6(11)10(12)9-7-4-2-3-5-8(7)9/h7-10,12H,2-5H2,1H3. The molecule has 2 heteroatoms. The van der Waals surface area contributed by atoms with Crippen molar-refractivity contribution in [3.63, 3.8) is 0 Å². The van der Waals surface area contributed by atoms with E-state index in [1.807, 2.05) is 0 Å². The molecule has 0 saturated heterocycles. The summed E-state index contributed by atoms with van der Waals surface area (Å²) in [6, 6.07) is 0. The average Bonchev–Trinajstić information content (AvgIpc) is 2.76. The summed E-state index contributed by atoms with van der Waals surface area (Å²) in [4.78, 5) is 10.9. The van der Waals surface area contributed by atoms with Crippen molar-refractivity contribution < 1.29 is 9.90 Å². The van der Waals surface area contributed by atoms with E-state index in [2.05, 4.69) is 0 Å². The fraction of sp³-hybridized carbons (Fsp3) is 0.900. The van der Waals surface area contributed by atoms with Crippen molar-refractivity contribution in [1.29, 1.82) is 0 Å². The Bertz CT molecular complexity index is 188. The van der Waals surface area contributed by atoms with Crippen LogP contribution in [0.3, 0.4) is 0 Å². The van der Waals surface area contributed by atoms with E-state index in [-0.39, 0.29) is 5.78 Å². The fourth-order valence-electron chi connectivity index (χ4n) is 2.79. The fourth-order valence-corrected chi connectivity index (χ4v) is 2.79. The summed E-state index contributed by atoms with van der Waals surface area (Å²) < 4.78 is 0. The second-order valence-electron chi connectivity index (χ2n) is 4.25. The molecule has 3 unspecified atom stereocenters. The van der Waals surface area contributed by atoms with Crippen molar-refractivity contribution in [3.05, 3.63) is 0 Å². The molecule has 2 saturated carbocycles. The summed E-state index contributed by atoms with van der Waals surface area (Å²) in [7, 11) is 0. The van der Waals surface area contributed by atoms with Gasteiger partial charge < -0.3 is 5.11 Å². The number of Topliss-reactive ketones (excluding diaryl/α,β-unsaturated/α-hetero) is 1. The number of fused-ring (bicyclic) bond motifs is 1. The molecule has 68 valence electrons. The molecule has 12 heavy (non-hydrogen) atoms. The molecule has 0 radical (unpaired) electrons. The first-order valence-electron chi connectivity index (χ1n) is 4.90. The Morgan fingerprint density at radius 2 is 1.83 bits per heavy atom. The van der Waals surface area contributed by atoms with Crippen LogP contribution in [-0.2, 0) is 4.79 Å². The Morgan fingerprint density at radius 3 is 2.25 bits per heavy atom. The van der Waals surface area contributed by atoms with E-state index in [0.717, 1.165) is 0 Å². The first-order valence-corrected chi connectivity index (χ1v) is 4.90. The molecule has 1 N–H and O–H groups in total. The lowest BCUT2D eigenvalue weighted by Gasteiger charge is -2.04. The van der Waals surface area contributed by atoms with E-state index in [0.29, 0.717) is 17.8 Å². The molecule has 0 aromatic carbocycles. The molecule has 0 amide bonds. The second kappa shape index (κ2) is 2.84. The smallest absolute Gasteiger partial charge is 0.158 e. The highest BCUT2D eigenvalue weighted by molar-refractivity contribution is 5.81. The van der Waals surface area contributed by atoms with E-state index >= 15 is 0 Å². The van der Waals surface area contributed by atoms with E-state index < -0.39 is 6.10 Å². The summed E-state index contributed by atoms with van der Waals surface area (Å²) in [5.41, 5.74) is 0. The largest absolute Gasteiger partial charge is 0.385 e. The maximum atomic E-state index is 10.9. The van der Waals surface area contributed by atoms with E-state index in [1.54, 1.807) is 0 Å². The second-order valence-corrected chi connectivity index (χ2v) is 4.25. The predicted molar refractivity (Wildman–Crippen MR) is 45.6 cm³/mol. The lowest BCUT2D eigenvalue weighted by Crippen LogP contribution is -2.20. The van der Waals surface area contributed by atoms with Gasteiger partial charge in [0.05, 0.1) is 0 Å². The van der Waals surface area contributed by atoms with Gasteiger partial charge in [0.15, 0.2) is 5.78 Å². The van der Waals surface area contributed by atoms with Crippen LogP contribution in [-0.4, -0.2) is 17.0 Å². The summed E-state index contributed by atoms with van der Waals surface area (Å²) >= 11 is 0. The predicted octanol–water partition coefficient (Wildman–Crippen LogP) is 1.37. The lowest BCUT2D eigenvalue weighted by molar-refractivity contribution is -0.126. The van der Waals surface area contributed by atoms with E-state index in [1.165, 1.54) is 32.6 Å². The monoisotopic (exact) mass is 168 g/mol. The molecule has 2 rings (SSSR count). The number of hydrogen-bond acceptors (Lipinski definition) is 2. The van der Waals surface area contributed by atoms with Crippen molar-refractivity contribution in [1.82, 2.24) is 0 Å². The average molecular weight is 168 g/mol. The zero-order valence-corrected chi connectivity index (χ0v) is 7.49. The van der Waals surface area contributed by atoms with Gasteiger partial charge >= 0.3 is 0 Å². The van der Waals surface area contributed by atoms with Crippen LogP contribution in [0.15, 0.2) is 0 Å². The SMILES string of the molecule is CC(=O)C(O)C1C2CCCCC21. The zero-order valence-electron chi connectivity index (χ0n) is 7.49. The third kappa shape index (κ3) is 1.18. The van der Waals surface area contributed by atoms with Crippen LogP contribution in [0.4, 0.5) is 0 Å². The van der Waals surface area contributed by atoms with Crippen molar-refractivity contribution in [2.45, 2.75) is 38.7 Å². The molecule has 0 aromatic heterocycles. The third-order valence-corrected chi connectivity index (χ3v) is 3.50.